The van der Waals surface area contributed by atoms with Crippen molar-refractivity contribution in [2.75, 3.05) is 26.7 Å². The highest BCUT2D eigenvalue weighted by Crippen LogP contribution is 2.25. The van der Waals surface area contributed by atoms with Gasteiger partial charge in [0.05, 0.1) is 7.11 Å². The average Bonchev–Trinajstić information content (AvgIpc) is 2.50. The summed E-state index contributed by atoms with van der Waals surface area (Å²) in [5.74, 6) is 0.760. The summed E-state index contributed by atoms with van der Waals surface area (Å²) in [5, 5.41) is 3.51. The molecule has 4 heteroatoms. The van der Waals surface area contributed by atoms with E-state index in [1.807, 2.05) is 12.1 Å². The van der Waals surface area contributed by atoms with Gasteiger partial charge in [0.25, 0.3) is 0 Å². The minimum absolute atomic E-state index is 0.221. The number of nitrogens with one attached hydrogen (secondary N) is 1. The van der Waals surface area contributed by atoms with Crippen LogP contribution >= 0.6 is 0 Å². The highest BCUT2D eigenvalue weighted by molar-refractivity contribution is 5.31. The third-order valence-corrected chi connectivity index (χ3v) is 4.43. The van der Waals surface area contributed by atoms with Gasteiger partial charge in [0, 0.05) is 24.7 Å². The Kier molecular flexibility index (Phi) is 6.00. The number of ether oxygens (including phenoxy) is 1. The predicted molar refractivity (Wildman–Crippen MR) is 84.1 cm³/mol. The number of hydrogen-bond acceptors (Lipinski definition) is 3. The quantitative estimate of drug-likeness (QED) is 0.873. The van der Waals surface area contributed by atoms with Crippen LogP contribution in [0.5, 0.6) is 5.75 Å². The zero-order valence-corrected chi connectivity index (χ0v) is 13.4. The van der Waals surface area contributed by atoms with Gasteiger partial charge in [-0.2, -0.15) is 0 Å². The first kappa shape index (κ1) is 16.2. The maximum atomic E-state index is 14.2. The van der Waals surface area contributed by atoms with Gasteiger partial charge < -0.3 is 10.1 Å². The molecule has 0 bridgehead atoms. The first-order valence-corrected chi connectivity index (χ1v) is 7.92. The van der Waals surface area contributed by atoms with Gasteiger partial charge in [-0.3, -0.25) is 4.90 Å². The number of piperidine rings is 1. The van der Waals surface area contributed by atoms with Gasteiger partial charge >= 0.3 is 0 Å². The predicted octanol–water partition coefficient (Wildman–Crippen LogP) is 3.04. The van der Waals surface area contributed by atoms with Crippen molar-refractivity contribution in [3.05, 3.63) is 29.6 Å². The molecule has 1 fully saturated rings. The molecule has 0 aromatic heterocycles. The van der Waals surface area contributed by atoms with Gasteiger partial charge in [0.1, 0.15) is 0 Å². The molecule has 1 saturated heterocycles. The average molecular weight is 294 g/mol. The van der Waals surface area contributed by atoms with Crippen LogP contribution in [0.1, 0.15) is 32.3 Å². The normalized spacial score (nSPS) is 21.2. The lowest BCUT2D eigenvalue weighted by molar-refractivity contribution is 0.143. The Labute approximate surface area is 127 Å². The summed E-state index contributed by atoms with van der Waals surface area (Å²) in [4.78, 5) is 2.36. The van der Waals surface area contributed by atoms with Crippen LogP contribution in [-0.4, -0.2) is 37.7 Å². The van der Waals surface area contributed by atoms with E-state index < -0.39 is 0 Å². The topological polar surface area (TPSA) is 24.5 Å². The standard InChI is InChI=1S/C17H27FN2O/c1-4-19-13(2)14-8-6-10-20(11-14)12-15-7-5-9-16(21-3)17(15)18/h5,7,9,13-14,19H,4,6,8,10-12H2,1-3H3. The molecule has 1 heterocycles. The molecule has 2 rings (SSSR count). The maximum absolute atomic E-state index is 14.2. The van der Waals surface area contributed by atoms with Gasteiger partial charge in [-0.15, -0.1) is 0 Å². The molecule has 118 valence electrons. The second-order valence-electron chi connectivity index (χ2n) is 5.92. The molecule has 0 radical (unpaired) electrons. The molecule has 1 N–H and O–H groups in total. The number of likely N-dealkylation sites (tertiary alicyclic amines) is 1. The summed E-state index contributed by atoms with van der Waals surface area (Å²) < 4.78 is 19.3. The lowest BCUT2D eigenvalue weighted by Gasteiger charge is -2.36. The zero-order chi connectivity index (χ0) is 15.2. The Bertz CT molecular complexity index is 452. The number of nitrogens with zero attached hydrogens (tertiary/aromatic N) is 1. The van der Waals surface area contributed by atoms with E-state index in [9.17, 15) is 4.39 Å². The van der Waals surface area contributed by atoms with Crippen molar-refractivity contribution in [3.63, 3.8) is 0 Å². The van der Waals surface area contributed by atoms with E-state index in [4.69, 9.17) is 4.74 Å². The number of benzene rings is 1. The Balaban J connectivity index is 1.99. The molecule has 0 saturated carbocycles. The molecule has 0 spiro atoms. The van der Waals surface area contributed by atoms with Gasteiger partial charge in [-0.05, 0) is 44.8 Å². The fourth-order valence-electron chi connectivity index (χ4n) is 3.21. The van der Waals surface area contributed by atoms with Crippen molar-refractivity contribution in [3.8, 4) is 5.75 Å². The molecule has 1 aliphatic heterocycles. The van der Waals surface area contributed by atoms with Gasteiger partial charge in [-0.25, -0.2) is 4.39 Å². The molecule has 3 nitrogen and oxygen atoms in total. The Hall–Kier alpha value is -1.13. The molecule has 1 aromatic rings. The molecule has 0 aliphatic carbocycles. The SMILES string of the molecule is CCNC(C)C1CCCN(Cc2cccc(OC)c2F)C1. The molecule has 2 unspecified atom stereocenters. The summed E-state index contributed by atoms with van der Waals surface area (Å²) in [6.45, 7) is 8.14. The van der Waals surface area contributed by atoms with Crippen LogP contribution in [-0.2, 0) is 6.54 Å². The van der Waals surface area contributed by atoms with Crippen molar-refractivity contribution in [1.82, 2.24) is 10.2 Å². The lowest BCUT2D eigenvalue weighted by Crippen LogP contribution is -2.44. The smallest absolute Gasteiger partial charge is 0.169 e. The van der Waals surface area contributed by atoms with Crippen molar-refractivity contribution < 1.29 is 9.13 Å². The van der Waals surface area contributed by atoms with Crippen LogP contribution in [0.15, 0.2) is 18.2 Å². The molecule has 0 amide bonds. The molecule has 1 aliphatic rings. The second kappa shape index (κ2) is 7.76. The number of rotatable bonds is 6. The van der Waals surface area contributed by atoms with Crippen LogP contribution in [0.2, 0.25) is 0 Å². The third kappa shape index (κ3) is 4.17. The Morgan fingerprint density at radius 1 is 1.48 bits per heavy atom. The summed E-state index contributed by atoms with van der Waals surface area (Å²) in [6.07, 6.45) is 2.44. The number of halogens is 1. The van der Waals surface area contributed by atoms with E-state index in [2.05, 4.69) is 24.1 Å². The summed E-state index contributed by atoms with van der Waals surface area (Å²) in [5.41, 5.74) is 0.728. The van der Waals surface area contributed by atoms with Crippen LogP contribution < -0.4 is 10.1 Å². The van der Waals surface area contributed by atoms with Gasteiger partial charge in [0.15, 0.2) is 11.6 Å². The Morgan fingerprint density at radius 2 is 2.29 bits per heavy atom. The lowest BCUT2D eigenvalue weighted by atomic mass is 9.91. The highest BCUT2D eigenvalue weighted by atomic mass is 19.1. The maximum Gasteiger partial charge on any atom is 0.169 e. The molecule has 1 aromatic carbocycles. The van der Waals surface area contributed by atoms with Crippen LogP contribution in [0.4, 0.5) is 4.39 Å². The van der Waals surface area contributed by atoms with Crippen molar-refractivity contribution in [1.29, 1.82) is 0 Å². The third-order valence-electron chi connectivity index (χ3n) is 4.43. The zero-order valence-electron chi connectivity index (χ0n) is 13.4. The van der Waals surface area contributed by atoms with Crippen LogP contribution in [0.3, 0.4) is 0 Å². The van der Waals surface area contributed by atoms with Crippen LogP contribution in [0.25, 0.3) is 0 Å². The minimum Gasteiger partial charge on any atom is -0.494 e. The van der Waals surface area contributed by atoms with Crippen LogP contribution in [0, 0.1) is 11.7 Å². The molecular formula is C17H27FN2O. The summed E-state index contributed by atoms with van der Waals surface area (Å²) in [7, 11) is 1.51. The molecule has 21 heavy (non-hydrogen) atoms. The van der Waals surface area contributed by atoms with E-state index in [-0.39, 0.29) is 5.82 Å². The molecular weight excluding hydrogens is 267 g/mol. The van der Waals surface area contributed by atoms with Crippen molar-refractivity contribution >= 4 is 0 Å². The summed E-state index contributed by atoms with van der Waals surface area (Å²) in [6, 6.07) is 5.91. The van der Waals surface area contributed by atoms with E-state index in [1.165, 1.54) is 20.0 Å². The van der Waals surface area contributed by atoms with E-state index in [0.29, 0.717) is 24.3 Å². The number of methoxy groups -OCH3 is 1. The van der Waals surface area contributed by atoms with E-state index in [0.717, 1.165) is 25.2 Å². The fraction of sp³-hybridized carbons (Fsp3) is 0.647. The van der Waals surface area contributed by atoms with Gasteiger partial charge in [0.2, 0.25) is 0 Å². The Morgan fingerprint density at radius 3 is 3.00 bits per heavy atom. The number of hydrogen-bond donors (Lipinski definition) is 1. The van der Waals surface area contributed by atoms with Crippen molar-refractivity contribution in [2.45, 2.75) is 39.3 Å². The van der Waals surface area contributed by atoms with Gasteiger partial charge in [-0.1, -0.05) is 19.1 Å². The fourth-order valence-corrected chi connectivity index (χ4v) is 3.21. The molecule has 2 atom stereocenters. The largest absolute Gasteiger partial charge is 0.494 e. The van der Waals surface area contributed by atoms with E-state index >= 15 is 0 Å². The second-order valence-corrected chi connectivity index (χ2v) is 5.92. The highest BCUT2D eigenvalue weighted by Gasteiger charge is 2.24. The first-order chi connectivity index (χ1) is 10.2. The van der Waals surface area contributed by atoms with Crippen molar-refractivity contribution in [2.24, 2.45) is 5.92 Å². The monoisotopic (exact) mass is 294 g/mol. The summed E-state index contributed by atoms with van der Waals surface area (Å²) >= 11 is 0. The van der Waals surface area contributed by atoms with E-state index in [1.54, 1.807) is 6.07 Å². The first-order valence-electron chi connectivity index (χ1n) is 7.92. The minimum atomic E-state index is -0.221.